The number of rotatable bonds is 7. The second kappa shape index (κ2) is 9.87. The van der Waals surface area contributed by atoms with Crippen molar-refractivity contribution in [3.8, 4) is 11.4 Å². The van der Waals surface area contributed by atoms with Crippen molar-refractivity contribution in [1.29, 1.82) is 0 Å². The second-order valence-electron chi connectivity index (χ2n) is 8.89. The minimum absolute atomic E-state index is 0.229. The van der Waals surface area contributed by atoms with E-state index in [9.17, 15) is 8.42 Å². The van der Waals surface area contributed by atoms with E-state index in [4.69, 9.17) is 17.0 Å². The smallest absolute Gasteiger partial charge is 0.229 e. The molecule has 0 saturated carbocycles. The van der Waals surface area contributed by atoms with Crippen LogP contribution in [-0.2, 0) is 10.0 Å². The van der Waals surface area contributed by atoms with E-state index in [0.717, 1.165) is 29.0 Å². The Morgan fingerprint density at radius 2 is 1.78 bits per heavy atom. The van der Waals surface area contributed by atoms with Crippen molar-refractivity contribution in [2.24, 2.45) is 0 Å². The summed E-state index contributed by atoms with van der Waals surface area (Å²) < 4.78 is 33.9. The summed E-state index contributed by atoms with van der Waals surface area (Å²) in [4.78, 5) is 6.66. The highest BCUT2D eigenvalue weighted by molar-refractivity contribution is 7.92. The normalized spacial score (nSPS) is 17.5. The van der Waals surface area contributed by atoms with Gasteiger partial charge in [0, 0.05) is 35.5 Å². The highest BCUT2D eigenvalue weighted by atomic mass is 32.2. The third kappa shape index (κ3) is 5.03. The zero-order valence-corrected chi connectivity index (χ0v) is 22.3. The van der Waals surface area contributed by atoms with Crippen molar-refractivity contribution in [3.05, 3.63) is 102 Å². The first-order valence-corrected chi connectivity index (χ1v) is 14.0. The Balaban J connectivity index is 1.64. The van der Waals surface area contributed by atoms with Crippen LogP contribution in [0.2, 0.25) is 0 Å². The van der Waals surface area contributed by atoms with E-state index in [2.05, 4.69) is 56.8 Å². The molecular weight excluding hydrogens is 506 g/mol. The summed E-state index contributed by atoms with van der Waals surface area (Å²) in [5.74, 6) is 0.389. The number of nitrogens with zero attached hydrogens (tertiary/aromatic N) is 3. The van der Waals surface area contributed by atoms with Gasteiger partial charge in [-0.05, 0) is 67.7 Å². The average Bonchev–Trinajstić information content (AvgIpc) is 3.49. The first-order valence-electron chi connectivity index (χ1n) is 11.7. The number of ether oxygens (including phenoxy) is 1. The van der Waals surface area contributed by atoms with E-state index < -0.39 is 10.0 Å². The molecule has 1 fully saturated rings. The lowest BCUT2D eigenvalue weighted by Gasteiger charge is -2.29. The highest BCUT2D eigenvalue weighted by Gasteiger charge is 2.42. The highest BCUT2D eigenvalue weighted by Crippen LogP contribution is 2.44. The quantitative estimate of drug-likeness (QED) is 0.332. The Morgan fingerprint density at radius 3 is 2.46 bits per heavy atom. The zero-order valence-electron chi connectivity index (χ0n) is 20.6. The third-order valence-electron chi connectivity index (χ3n) is 6.25. The molecule has 3 heterocycles. The Hall–Kier alpha value is -3.89. The molecule has 2 atom stereocenters. The molecule has 2 aromatic carbocycles. The number of thiocarbonyl (C=S) groups is 1. The summed E-state index contributed by atoms with van der Waals surface area (Å²) in [6, 6.07) is 23.1. The van der Waals surface area contributed by atoms with Crippen molar-refractivity contribution in [2.75, 3.05) is 23.0 Å². The number of pyridine rings is 1. The minimum Gasteiger partial charge on any atom is -0.494 e. The van der Waals surface area contributed by atoms with Crippen LogP contribution in [0.25, 0.3) is 5.69 Å². The molecule has 2 aromatic heterocycles. The molecule has 10 heteroatoms. The molecule has 1 saturated heterocycles. The number of aryl methyl sites for hydroxylation is 1. The number of hydrogen-bond donors (Lipinski definition) is 2. The topological polar surface area (TPSA) is 88.5 Å². The number of aromatic nitrogens is 2. The summed E-state index contributed by atoms with van der Waals surface area (Å²) in [6.07, 6.45) is 4.91. The number of methoxy groups -OCH3 is 1. The number of nitrogens with one attached hydrogen (secondary N) is 2. The fraction of sp³-hybridized carbons (Fsp3) is 0.185. The van der Waals surface area contributed by atoms with Crippen LogP contribution < -0.4 is 19.7 Å². The standard InChI is InChI=1S/C27H27N5O3S2/c1-18-9-11-19(12-10-18)31-16-6-8-23(31)26-25(22-7-4-5-15-28-22)29-27(36)32(26)20-13-14-21(24(17-20)35-2)30-37(3,33)34/h4-17,25-26,30H,1-3H3,(H,29,36)/t25-,26-/m0/s1. The second-order valence-corrected chi connectivity index (χ2v) is 11.0. The van der Waals surface area contributed by atoms with Gasteiger partial charge in [-0.3, -0.25) is 9.71 Å². The van der Waals surface area contributed by atoms with Gasteiger partial charge in [-0.25, -0.2) is 8.42 Å². The molecule has 190 valence electrons. The van der Waals surface area contributed by atoms with Crippen LogP contribution >= 0.6 is 12.2 Å². The fourth-order valence-corrected chi connectivity index (χ4v) is 5.54. The maximum Gasteiger partial charge on any atom is 0.229 e. The molecule has 2 N–H and O–H groups in total. The monoisotopic (exact) mass is 533 g/mol. The lowest BCUT2D eigenvalue weighted by Crippen LogP contribution is -2.30. The SMILES string of the molecule is COc1cc(N2C(=S)N[C@@H](c3ccccn3)[C@@H]2c2cccn2-c2ccc(C)cc2)ccc1NS(C)(=O)=O. The molecule has 0 unspecified atom stereocenters. The van der Waals surface area contributed by atoms with E-state index in [-0.39, 0.29) is 12.1 Å². The van der Waals surface area contributed by atoms with Crippen LogP contribution in [0.15, 0.2) is 85.2 Å². The summed E-state index contributed by atoms with van der Waals surface area (Å²) >= 11 is 5.85. The van der Waals surface area contributed by atoms with Gasteiger partial charge in [0.15, 0.2) is 5.11 Å². The number of benzene rings is 2. The largest absolute Gasteiger partial charge is 0.494 e. The van der Waals surface area contributed by atoms with Gasteiger partial charge in [0.25, 0.3) is 0 Å². The van der Waals surface area contributed by atoms with Gasteiger partial charge in [0.05, 0.1) is 30.8 Å². The molecular formula is C27H27N5O3S2. The van der Waals surface area contributed by atoms with Crippen molar-refractivity contribution < 1.29 is 13.2 Å². The van der Waals surface area contributed by atoms with Crippen LogP contribution in [0.5, 0.6) is 5.75 Å². The van der Waals surface area contributed by atoms with E-state index in [1.54, 1.807) is 18.3 Å². The van der Waals surface area contributed by atoms with Crippen molar-refractivity contribution in [2.45, 2.75) is 19.0 Å². The van der Waals surface area contributed by atoms with Gasteiger partial charge >= 0.3 is 0 Å². The molecule has 1 aliphatic rings. The summed E-state index contributed by atoms with van der Waals surface area (Å²) in [5, 5.41) is 4.00. The van der Waals surface area contributed by atoms with E-state index in [1.807, 2.05) is 41.4 Å². The zero-order chi connectivity index (χ0) is 26.2. The van der Waals surface area contributed by atoms with Gasteiger partial charge in [0.1, 0.15) is 11.8 Å². The molecule has 1 aliphatic heterocycles. The van der Waals surface area contributed by atoms with Gasteiger partial charge in [-0.15, -0.1) is 0 Å². The minimum atomic E-state index is -3.48. The van der Waals surface area contributed by atoms with Crippen LogP contribution in [0, 0.1) is 6.92 Å². The van der Waals surface area contributed by atoms with Gasteiger partial charge in [0.2, 0.25) is 10.0 Å². The lowest BCUT2D eigenvalue weighted by atomic mass is 10.0. The number of sulfonamides is 1. The van der Waals surface area contributed by atoms with Crippen LogP contribution in [0.3, 0.4) is 0 Å². The molecule has 0 aliphatic carbocycles. The molecule has 4 aromatic rings. The molecule has 0 amide bonds. The molecule has 8 nitrogen and oxygen atoms in total. The predicted molar refractivity (Wildman–Crippen MR) is 150 cm³/mol. The lowest BCUT2D eigenvalue weighted by molar-refractivity contribution is 0.417. The Labute approximate surface area is 222 Å². The Bertz CT molecular complexity index is 1540. The number of hydrogen-bond acceptors (Lipinski definition) is 5. The maximum absolute atomic E-state index is 11.8. The summed E-state index contributed by atoms with van der Waals surface area (Å²) in [7, 11) is -1.97. The van der Waals surface area contributed by atoms with E-state index in [0.29, 0.717) is 16.5 Å². The molecule has 0 spiro atoms. The van der Waals surface area contributed by atoms with Crippen molar-refractivity contribution in [3.63, 3.8) is 0 Å². The van der Waals surface area contributed by atoms with Crippen molar-refractivity contribution in [1.82, 2.24) is 14.9 Å². The molecule has 0 bridgehead atoms. The Morgan fingerprint density at radius 1 is 1.03 bits per heavy atom. The van der Waals surface area contributed by atoms with Gasteiger partial charge in [-0.1, -0.05) is 23.8 Å². The summed E-state index contributed by atoms with van der Waals surface area (Å²) in [5.41, 5.74) is 5.21. The molecule has 37 heavy (non-hydrogen) atoms. The summed E-state index contributed by atoms with van der Waals surface area (Å²) in [6.45, 7) is 2.06. The van der Waals surface area contributed by atoms with Crippen LogP contribution in [0.1, 0.15) is 29.0 Å². The predicted octanol–water partition coefficient (Wildman–Crippen LogP) is 4.74. The third-order valence-corrected chi connectivity index (χ3v) is 7.16. The van der Waals surface area contributed by atoms with Gasteiger partial charge in [-0.2, -0.15) is 0 Å². The van der Waals surface area contributed by atoms with Gasteiger partial charge < -0.3 is 19.5 Å². The first-order chi connectivity index (χ1) is 17.7. The average molecular weight is 534 g/mol. The van der Waals surface area contributed by atoms with Crippen molar-refractivity contribution >= 4 is 38.7 Å². The fourth-order valence-electron chi connectivity index (χ4n) is 4.62. The van der Waals surface area contributed by atoms with Crippen LogP contribution in [-0.4, -0.2) is 36.4 Å². The van der Waals surface area contributed by atoms with E-state index >= 15 is 0 Å². The maximum atomic E-state index is 11.8. The van der Waals surface area contributed by atoms with E-state index in [1.165, 1.54) is 12.7 Å². The Kier molecular flexibility index (Phi) is 6.61. The number of anilines is 2. The molecule has 0 radical (unpaired) electrons. The van der Waals surface area contributed by atoms with Crippen LogP contribution in [0.4, 0.5) is 11.4 Å². The molecule has 5 rings (SSSR count). The first kappa shape index (κ1) is 24.8.